The van der Waals surface area contributed by atoms with Crippen LogP contribution in [-0.2, 0) is 0 Å². The number of rotatable bonds is 2. The first-order chi connectivity index (χ1) is 7.02. The topological polar surface area (TPSA) is 3.24 Å². The van der Waals surface area contributed by atoms with Crippen molar-refractivity contribution in [3.05, 3.63) is 0 Å². The zero-order valence-corrected chi connectivity index (χ0v) is 12.5. The predicted octanol–water partition coefficient (Wildman–Crippen LogP) is 3.71. The first kappa shape index (κ1) is 12.2. The third-order valence-corrected chi connectivity index (χ3v) is 5.56. The molecule has 2 rings (SSSR count). The molecular formula is C13H24IN. The molecule has 0 aromatic rings. The first-order valence-electron chi connectivity index (χ1n) is 6.40. The largest absolute Gasteiger partial charge is 0.300 e. The Morgan fingerprint density at radius 1 is 1.13 bits per heavy atom. The van der Waals surface area contributed by atoms with Crippen molar-refractivity contribution in [1.29, 1.82) is 0 Å². The highest BCUT2D eigenvalue weighted by Crippen LogP contribution is 2.47. The summed E-state index contributed by atoms with van der Waals surface area (Å²) in [5, 5.41) is 0. The lowest BCUT2D eigenvalue weighted by molar-refractivity contribution is -0.0547. The average Bonchev–Trinajstić information content (AvgIpc) is 2.13. The van der Waals surface area contributed by atoms with Crippen molar-refractivity contribution < 1.29 is 0 Å². The van der Waals surface area contributed by atoms with E-state index in [1.165, 1.54) is 38.8 Å². The molecule has 88 valence electrons. The molecule has 0 amide bonds. The second-order valence-corrected chi connectivity index (χ2v) is 7.98. The molecule has 0 aromatic carbocycles. The maximum Gasteiger partial charge on any atom is 0.0110 e. The van der Waals surface area contributed by atoms with Crippen LogP contribution in [0.25, 0.3) is 0 Å². The zero-order valence-electron chi connectivity index (χ0n) is 10.3. The Hall–Kier alpha value is 0.690. The van der Waals surface area contributed by atoms with Gasteiger partial charge in [-0.25, -0.2) is 0 Å². The van der Waals surface area contributed by atoms with Gasteiger partial charge in [0.2, 0.25) is 0 Å². The van der Waals surface area contributed by atoms with Crippen LogP contribution in [0.4, 0.5) is 0 Å². The van der Waals surface area contributed by atoms with Crippen LogP contribution in [0.3, 0.4) is 0 Å². The van der Waals surface area contributed by atoms with E-state index in [2.05, 4.69) is 48.3 Å². The lowest BCUT2D eigenvalue weighted by atomic mass is 9.65. The van der Waals surface area contributed by atoms with E-state index in [0.717, 1.165) is 21.3 Å². The SMILES string of the molecule is CC(C)N1CC2(CCC([C@H](C)I)CC2)C1. The van der Waals surface area contributed by atoms with Crippen LogP contribution in [0.5, 0.6) is 0 Å². The zero-order chi connectivity index (χ0) is 11.1. The third kappa shape index (κ3) is 2.51. The van der Waals surface area contributed by atoms with Crippen molar-refractivity contribution in [1.82, 2.24) is 4.90 Å². The van der Waals surface area contributed by atoms with Gasteiger partial charge in [0.15, 0.2) is 0 Å². The summed E-state index contributed by atoms with van der Waals surface area (Å²) < 4.78 is 0.876. The molecular weight excluding hydrogens is 297 g/mol. The normalized spacial score (nSPS) is 29.4. The van der Waals surface area contributed by atoms with Gasteiger partial charge in [-0.05, 0) is 50.9 Å². The summed E-state index contributed by atoms with van der Waals surface area (Å²) in [4.78, 5) is 2.63. The van der Waals surface area contributed by atoms with Gasteiger partial charge in [-0.3, -0.25) is 4.90 Å². The van der Waals surface area contributed by atoms with Crippen LogP contribution in [0.1, 0.15) is 46.5 Å². The Balaban J connectivity index is 1.80. The van der Waals surface area contributed by atoms with Gasteiger partial charge in [0.1, 0.15) is 0 Å². The molecule has 0 bridgehead atoms. The quantitative estimate of drug-likeness (QED) is 0.554. The Morgan fingerprint density at radius 3 is 2.07 bits per heavy atom. The van der Waals surface area contributed by atoms with Crippen LogP contribution in [-0.4, -0.2) is 28.0 Å². The van der Waals surface area contributed by atoms with Crippen molar-refractivity contribution in [2.45, 2.75) is 56.4 Å². The summed E-state index contributed by atoms with van der Waals surface area (Å²) in [6.07, 6.45) is 5.95. The van der Waals surface area contributed by atoms with Crippen molar-refractivity contribution in [2.24, 2.45) is 11.3 Å². The lowest BCUT2D eigenvalue weighted by Crippen LogP contribution is -2.59. The fourth-order valence-electron chi connectivity index (χ4n) is 3.21. The molecule has 1 nitrogen and oxygen atoms in total. The average molecular weight is 321 g/mol. The fraction of sp³-hybridized carbons (Fsp3) is 1.00. The maximum atomic E-state index is 2.63. The second-order valence-electron chi connectivity index (χ2n) is 6.01. The summed E-state index contributed by atoms with van der Waals surface area (Å²) in [5.74, 6) is 1.00. The Morgan fingerprint density at radius 2 is 1.67 bits per heavy atom. The van der Waals surface area contributed by atoms with Crippen molar-refractivity contribution >= 4 is 22.6 Å². The predicted molar refractivity (Wildman–Crippen MR) is 74.6 cm³/mol. The van der Waals surface area contributed by atoms with Gasteiger partial charge < -0.3 is 0 Å². The maximum absolute atomic E-state index is 2.63. The number of likely N-dealkylation sites (tertiary alicyclic amines) is 1. The number of hydrogen-bond donors (Lipinski definition) is 0. The molecule has 1 heterocycles. The Kier molecular flexibility index (Phi) is 3.66. The standard InChI is InChI=1S/C13H24IN/c1-10(2)15-8-13(9-15)6-4-12(5-7-13)11(3)14/h10-12H,4-9H2,1-3H3/t11-/m0/s1. The lowest BCUT2D eigenvalue weighted by Gasteiger charge is -2.55. The molecule has 15 heavy (non-hydrogen) atoms. The molecule has 1 spiro atoms. The number of alkyl halides is 1. The van der Waals surface area contributed by atoms with Crippen LogP contribution in [0, 0.1) is 11.3 Å². The molecule has 2 aliphatic rings. The smallest absolute Gasteiger partial charge is 0.0110 e. The van der Waals surface area contributed by atoms with E-state index in [1.807, 2.05) is 0 Å². The van der Waals surface area contributed by atoms with Crippen molar-refractivity contribution in [3.63, 3.8) is 0 Å². The minimum absolute atomic E-state index is 0.742. The van der Waals surface area contributed by atoms with Gasteiger partial charge in [0.25, 0.3) is 0 Å². The van der Waals surface area contributed by atoms with E-state index in [-0.39, 0.29) is 0 Å². The highest BCUT2D eigenvalue weighted by atomic mass is 127. The highest BCUT2D eigenvalue weighted by molar-refractivity contribution is 14.1. The molecule has 2 fully saturated rings. The van der Waals surface area contributed by atoms with Gasteiger partial charge in [-0.2, -0.15) is 0 Å². The minimum Gasteiger partial charge on any atom is -0.300 e. The number of halogens is 1. The molecule has 1 aliphatic heterocycles. The molecule has 0 unspecified atom stereocenters. The van der Waals surface area contributed by atoms with Crippen molar-refractivity contribution in [3.8, 4) is 0 Å². The monoisotopic (exact) mass is 321 g/mol. The molecule has 1 saturated heterocycles. The van der Waals surface area contributed by atoms with E-state index in [9.17, 15) is 0 Å². The van der Waals surface area contributed by atoms with Crippen LogP contribution >= 0.6 is 22.6 Å². The summed E-state index contributed by atoms with van der Waals surface area (Å²) >= 11 is 2.61. The number of nitrogens with zero attached hydrogens (tertiary/aromatic N) is 1. The van der Waals surface area contributed by atoms with E-state index < -0.39 is 0 Å². The Labute approximate surface area is 108 Å². The molecule has 0 N–H and O–H groups in total. The van der Waals surface area contributed by atoms with Gasteiger partial charge in [0.05, 0.1) is 0 Å². The van der Waals surface area contributed by atoms with Crippen molar-refractivity contribution in [2.75, 3.05) is 13.1 Å². The van der Waals surface area contributed by atoms with E-state index in [0.29, 0.717) is 0 Å². The molecule has 1 saturated carbocycles. The minimum atomic E-state index is 0.742. The highest BCUT2D eigenvalue weighted by Gasteiger charge is 2.45. The Bertz CT molecular complexity index is 209. The van der Waals surface area contributed by atoms with Crippen LogP contribution < -0.4 is 0 Å². The van der Waals surface area contributed by atoms with Gasteiger partial charge in [0, 0.05) is 23.1 Å². The van der Waals surface area contributed by atoms with Crippen LogP contribution in [0.15, 0.2) is 0 Å². The summed E-state index contributed by atoms with van der Waals surface area (Å²) in [6, 6.07) is 0.761. The summed E-state index contributed by atoms with van der Waals surface area (Å²) in [6.45, 7) is 9.79. The van der Waals surface area contributed by atoms with E-state index in [4.69, 9.17) is 0 Å². The van der Waals surface area contributed by atoms with Gasteiger partial charge in [-0.1, -0.05) is 29.5 Å². The number of hydrogen-bond acceptors (Lipinski definition) is 1. The third-order valence-electron chi connectivity index (χ3n) is 4.55. The first-order valence-corrected chi connectivity index (χ1v) is 7.65. The molecule has 0 aromatic heterocycles. The van der Waals surface area contributed by atoms with E-state index in [1.54, 1.807) is 0 Å². The van der Waals surface area contributed by atoms with Crippen LogP contribution in [0.2, 0.25) is 0 Å². The van der Waals surface area contributed by atoms with Gasteiger partial charge in [-0.15, -0.1) is 0 Å². The summed E-state index contributed by atoms with van der Waals surface area (Å²) in [5.41, 5.74) is 0.742. The van der Waals surface area contributed by atoms with E-state index >= 15 is 0 Å². The molecule has 1 atom stereocenters. The molecule has 0 radical (unpaired) electrons. The molecule has 1 aliphatic carbocycles. The van der Waals surface area contributed by atoms with Gasteiger partial charge >= 0.3 is 0 Å². The summed E-state index contributed by atoms with van der Waals surface area (Å²) in [7, 11) is 0. The fourth-order valence-corrected chi connectivity index (χ4v) is 3.93. The molecule has 2 heteroatoms. The second kappa shape index (κ2) is 4.52.